The third kappa shape index (κ3) is 1.65. The second-order valence-electron chi connectivity index (χ2n) is 3.74. The van der Waals surface area contributed by atoms with Gasteiger partial charge in [-0.05, 0) is 36.1 Å². The van der Waals surface area contributed by atoms with E-state index in [2.05, 4.69) is 41.1 Å². The van der Waals surface area contributed by atoms with Crippen LogP contribution in [0.5, 0.6) is 0 Å². The molecule has 1 aliphatic rings. The lowest BCUT2D eigenvalue weighted by Gasteiger charge is -2.27. The number of hydrogen-bond donors (Lipinski definition) is 1. The molecule has 70 valence electrons. The molecular formula is C11H13BrO. The average Bonchev–Trinajstić information content (AvgIpc) is 2.12. The maximum Gasteiger partial charge on any atom is 0.0609 e. The summed E-state index contributed by atoms with van der Waals surface area (Å²) in [5.41, 5.74) is 2.69. The highest BCUT2D eigenvalue weighted by molar-refractivity contribution is 9.10. The van der Waals surface area contributed by atoms with Gasteiger partial charge in [-0.15, -0.1) is 0 Å². The zero-order valence-electron chi connectivity index (χ0n) is 7.63. The first-order valence-corrected chi connectivity index (χ1v) is 5.44. The number of rotatable bonds is 0. The molecule has 0 saturated heterocycles. The van der Waals surface area contributed by atoms with Crippen molar-refractivity contribution in [3.8, 4) is 0 Å². The standard InChI is InChI=1S/C11H13BrO/c1-7-10-6-9(12)4-2-8(10)3-5-11(7)13/h2,4,6-7,11,13H,3,5H2,1H3. The molecule has 0 saturated carbocycles. The molecule has 0 radical (unpaired) electrons. The van der Waals surface area contributed by atoms with Gasteiger partial charge in [0.15, 0.2) is 0 Å². The Morgan fingerprint density at radius 1 is 1.46 bits per heavy atom. The number of aliphatic hydroxyl groups excluding tert-OH is 1. The fourth-order valence-corrected chi connectivity index (χ4v) is 2.36. The predicted octanol–water partition coefficient (Wildman–Crippen LogP) is 2.86. The Balaban J connectivity index is 2.45. The molecule has 0 aliphatic heterocycles. The summed E-state index contributed by atoms with van der Waals surface area (Å²) in [5.74, 6) is 0.279. The fourth-order valence-electron chi connectivity index (χ4n) is 1.98. The van der Waals surface area contributed by atoms with E-state index >= 15 is 0 Å². The Labute approximate surface area is 86.9 Å². The molecule has 1 N–H and O–H groups in total. The van der Waals surface area contributed by atoms with Crippen LogP contribution in [0.3, 0.4) is 0 Å². The highest BCUT2D eigenvalue weighted by Crippen LogP contribution is 2.33. The van der Waals surface area contributed by atoms with Crippen molar-refractivity contribution in [3.63, 3.8) is 0 Å². The van der Waals surface area contributed by atoms with Gasteiger partial charge < -0.3 is 5.11 Å². The molecule has 1 nitrogen and oxygen atoms in total. The van der Waals surface area contributed by atoms with Crippen molar-refractivity contribution in [2.45, 2.75) is 31.8 Å². The minimum absolute atomic E-state index is 0.165. The van der Waals surface area contributed by atoms with E-state index in [-0.39, 0.29) is 12.0 Å². The normalized spacial score (nSPS) is 27.0. The molecule has 0 spiro atoms. The molecule has 13 heavy (non-hydrogen) atoms. The van der Waals surface area contributed by atoms with E-state index in [4.69, 9.17) is 0 Å². The van der Waals surface area contributed by atoms with Crippen LogP contribution in [0, 0.1) is 0 Å². The Bertz CT molecular complexity index is 322. The van der Waals surface area contributed by atoms with Crippen LogP contribution in [0.1, 0.15) is 30.4 Å². The third-order valence-corrected chi connectivity index (χ3v) is 3.38. The third-order valence-electron chi connectivity index (χ3n) is 2.89. The number of aryl methyl sites for hydroxylation is 1. The maximum absolute atomic E-state index is 9.70. The average molecular weight is 241 g/mol. The van der Waals surface area contributed by atoms with Crippen molar-refractivity contribution in [1.29, 1.82) is 0 Å². The molecule has 0 aromatic heterocycles. The Morgan fingerprint density at radius 2 is 2.23 bits per heavy atom. The van der Waals surface area contributed by atoms with E-state index in [9.17, 15) is 5.11 Å². The molecule has 1 aliphatic carbocycles. The molecule has 0 bridgehead atoms. The van der Waals surface area contributed by atoms with Crippen molar-refractivity contribution in [3.05, 3.63) is 33.8 Å². The van der Waals surface area contributed by atoms with Crippen molar-refractivity contribution in [1.82, 2.24) is 0 Å². The van der Waals surface area contributed by atoms with Gasteiger partial charge in [0.2, 0.25) is 0 Å². The first-order valence-electron chi connectivity index (χ1n) is 4.65. The molecule has 2 unspecified atom stereocenters. The summed E-state index contributed by atoms with van der Waals surface area (Å²) in [6.07, 6.45) is 1.74. The molecule has 1 aromatic rings. The Hall–Kier alpha value is -0.340. The fraction of sp³-hybridized carbons (Fsp3) is 0.455. The van der Waals surface area contributed by atoms with Gasteiger partial charge in [0.25, 0.3) is 0 Å². The number of fused-ring (bicyclic) bond motifs is 1. The monoisotopic (exact) mass is 240 g/mol. The van der Waals surface area contributed by atoms with Gasteiger partial charge in [0, 0.05) is 10.4 Å². The van der Waals surface area contributed by atoms with Crippen LogP contribution in [-0.4, -0.2) is 11.2 Å². The van der Waals surface area contributed by atoms with E-state index in [1.807, 2.05) is 0 Å². The summed E-state index contributed by atoms with van der Waals surface area (Å²) in [4.78, 5) is 0. The van der Waals surface area contributed by atoms with Crippen LogP contribution in [0.15, 0.2) is 22.7 Å². The van der Waals surface area contributed by atoms with Gasteiger partial charge in [-0.25, -0.2) is 0 Å². The lowest BCUT2D eigenvalue weighted by atomic mass is 9.82. The van der Waals surface area contributed by atoms with Gasteiger partial charge in [-0.2, -0.15) is 0 Å². The Morgan fingerprint density at radius 3 is 3.00 bits per heavy atom. The Kier molecular flexibility index (Phi) is 2.43. The second-order valence-corrected chi connectivity index (χ2v) is 4.65. The van der Waals surface area contributed by atoms with Gasteiger partial charge in [0.1, 0.15) is 0 Å². The van der Waals surface area contributed by atoms with Crippen molar-refractivity contribution < 1.29 is 5.11 Å². The summed E-state index contributed by atoms with van der Waals surface area (Å²) >= 11 is 3.46. The van der Waals surface area contributed by atoms with Crippen LogP contribution in [-0.2, 0) is 6.42 Å². The largest absolute Gasteiger partial charge is 0.392 e. The van der Waals surface area contributed by atoms with E-state index in [1.165, 1.54) is 11.1 Å². The highest BCUT2D eigenvalue weighted by Gasteiger charge is 2.23. The molecule has 2 atom stereocenters. The van der Waals surface area contributed by atoms with E-state index < -0.39 is 0 Å². The van der Waals surface area contributed by atoms with Crippen LogP contribution in [0.25, 0.3) is 0 Å². The quantitative estimate of drug-likeness (QED) is 0.740. The molecule has 0 amide bonds. The van der Waals surface area contributed by atoms with Gasteiger partial charge in [-0.1, -0.05) is 28.9 Å². The predicted molar refractivity (Wildman–Crippen MR) is 56.9 cm³/mol. The maximum atomic E-state index is 9.70. The lowest BCUT2D eigenvalue weighted by molar-refractivity contribution is 0.132. The van der Waals surface area contributed by atoms with Gasteiger partial charge in [-0.3, -0.25) is 0 Å². The highest BCUT2D eigenvalue weighted by atomic mass is 79.9. The number of halogens is 1. The minimum atomic E-state index is -0.165. The molecule has 2 rings (SSSR count). The van der Waals surface area contributed by atoms with Gasteiger partial charge in [0.05, 0.1) is 6.10 Å². The van der Waals surface area contributed by atoms with E-state index in [1.54, 1.807) is 0 Å². The number of aliphatic hydroxyl groups is 1. The molecule has 2 heteroatoms. The van der Waals surface area contributed by atoms with Crippen molar-refractivity contribution >= 4 is 15.9 Å². The molecule has 1 aromatic carbocycles. The van der Waals surface area contributed by atoms with Crippen LogP contribution in [0.4, 0.5) is 0 Å². The molecule has 0 heterocycles. The summed E-state index contributed by atoms with van der Waals surface area (Å²) in [7, 11) is 0. The smallest absolute Gasteiger partial charge is 0.0609 e. The van der Waals surface area contributed by atoms with Crippen molar-refractivity contribution in [2.75, 3.05) is 0 Å². The van der Waals surface area contributed by atoms with Crippen molar-refractivity contribution in [2.24, 2.45) is 0 Å². The summed E-state index contributed by atoms with van der Waals surface area (Å²) < 4.78 is 1.10. The van der Waals surface area contributed by atoms with Crippen LogP contribution >= 0.6 is 15.9 Å². The van der Waals surface area contributed by atoms with Crippen LogP contribution < -0.4 is 0 Å². The summed E-state index contributed by atoms with van der Waals surface area (Å²) in [5, 5.41) is 9.70. The first-order chi connectivity index (χ1) is 6.18. The summed E-state index contributed by atoms with van der Waals surface area (Å²) in [6, 6.07) is 6.35. The minimum Gasteiger partial charge on any atom is -0.392 e. The molecule has 0 fully saturated rings. The second kappa shape index (κ2) is 3.43. The summed E-state index contributed by atoms with van der Waals surface area (Å²) in [6.45, 7) is 2.09. The SMILES string of the molecule is CC1c2cc(Br)ccc2CCC1O. The zero-order valence-corrected chi connectivity index (χ0v) is 9.21. The van der Waals surface area contributed by atoms with E-state index in [0.717, 1.165) is 17.3 Å². The van der Waals surface area contributed by atoms with E-state index in [0.29, 0.717) is 0 Å². The topological polar surface area (TPSA) is 20.2 Å². The number of hydrogen-bond acceptors (Lipinski definition) is 1. The molecular weight excluding hydrogens is 228 g/mol. The zero-order chi connectivity index (χ0) is 9.42. The first kappa shape index (κ1) is 9.22. The van der Waals surface area contributed by atoms with Gasteiger partial charge >= 0.3 is 0 Å². The number of benzene rings is 1. The van der Waals surface area contributed by atoms with Crippen LogP contribution in [0.2, 0.25) is 0 Å². The lowest BCUT2D eigenvalue weighted by Crippen LogP contribution is -2.22.